The summed E-state index contributed by atoms with van der Waals surface area (Å²) in [7, 11) is 1.56. The number of aliphatic carboxylic acids is 1. The van der Waals surface area contributed by atoms with Crippen molar-refractivity contribution in [1.29, 1.82) is 0 Å². The van der Waals surface area contributed by atoms with Gasteiger partial charge in [0.05, 0.1) is 12.5 Å². The first-order valence-corrected chi connectivity index (χ1v) is 6.79. The van der Waals surface area contributed by atoms with Crippen molar-refractivity contribution in [3.05, 3.63) is 22.4 Å². The Balaban J connectivity index is 2.86. The number of hydrogen-bond donors (Lipinski definition) is 1. The van der Waals surface area contributed by atoms with Crippen LogP contribution in [0.2, 0.25) is 0 Å². The molecule has 5 nitrogen and oxygen atoms in total. The monoisotopic (exact) mass is 285 g/mol. The van der Waals surface area contributed by atoms with Gasteiger partial charge >= 0.3 is 12.1 Å². The fourth-order valence-corrected chi connectivity index (χ4v) is 2.41. The average Bonchev–Trinajstić information content (AvgIpc) is 2.75. The van der Waals surface area contributed by atoms with Crippen molar-refractivity contribution in [3.63, 3.8) is 0 Å². The van der Waals surface area contributed by atoms with E-state index in [1.54, 1.807) is 27.8 Å². The summed E-state index contributed by atoms with van der Waals surface area (Å²) in [5.41, 5.74) is -0.603. The summed E-state index contributed by atoms with van der Waals surface area (Å²) in [6.45, 7) is 5.32. The van der Waals surface area contributed by atoms with E-state index in [2.05, 4.69) is 0 Å². The molecule has 1 N–H and O–H groups in total. The van der Waals surface area contributed by atoms with Crippen molar-refractivity contribution in [3.8, 4) is 0 Å². The Kier molecular flexibility index (Phi) is 4.94. The molecule has 0 aliphatic heterocycles. The molecule has 6 heteroatoms. The Hall–Kier alpha value is -1.56. The van der Waals surface area contributed by atoms with Gasteiger partial charge in [-0.3, -0.25) is 4.79 Å². The number of ether oxygens (including phenoxy) is 1. The normalized spacial score (nSPS) is 12.8. The van der Waals surface area contributed by atoms with Gasteiger partial charge in [-0.1, -0.05) is 6.07 Å². The van der Waals surface area contributed by atoms with Crippen molar-refractivity contribution in [2.75, 3.05) is 7.05 Å². The fraction of sp³-hybridized carbons (Fsp3) is 0.538. The van der Waals surface area contributed by atoms with E-state index in [4.69, 9.17) is 9.84 Å². The van der Waals surface area contributed by atoms with E-state index < -0.39 is 23.7 Å². The number of carbonyl (C=O) groups excluding carboxylic acids is 1. The molecule has 0 spiro atoms. The molecular formula is C13H19NO4S. The lowest BCUT2D eigenvalue weighted by Crippen LogP contribution is -2.37. The van der Waals surface area contributed by atoms with E-state index in [9.17, 15) is 9.59 Å². The quantitative estimate of drug-likeness (QED) is 0.923. The maximum absolute atomic E-state index is 12.0. The standard InChI is InChI=1S/C13H19NO4S/c1-13(2,3)18-12(17)14(4)9(8-11(15)16)10-6-5-7-19-10/h5-7,9H,8H2,1-4H3,(H,15,16). The van der Waals surface area contributed by atoms with Gasteiger partial charge in [-0.25, -0.2) is 4.79 Å². The molecule has 1 heterocycles. The van der Waals surface area contributed by atoms with Gasteiger partial charge in [0.2, 0.25) is 0 Å². The third kappa shape index (κ3) is 4.90. The summed E-state index contributed by atoms with van der Waals surface area (Å²) >= 11 is 1.42. The number of carboxylic acid groups (broad SMARTS) is 1. The number of carboxylic acids is 1. The van der Waals surface area contributed by atoms with Crippen LogP contribution in [0.1, 0.15) is 38.1 Å². The zero-order valence-corrected chi connectivity index (χ0v) is 12.4. The molecule has 0 fully saturated rings. The van der Waals surface area contributed by atoms with Crippen LogP contribution in [0.4, 0.5) is 4.79 Å². The molecule has 1 aromatic rings. The molecule has 0 bridgehead atoms. The molecule has 0 aliphatic rings. The van der Waals surface area contributed by atoms with E-state index in [1.807, 2.05) is 17.5 Å². The van der Waals surface area contributed by atoms with Gasteiger partial charge in [-0.05, 0) is 32.2 Å². The van der Waals surface area contributed by atoms with Gasteiger partial charge in [-0.15, -0.1) is 11.3 Å². The molecule has 0 saturated carbocycles. The molecule has 1 unspecified atom stereocenters. The molecule has 1 aromatic heterocycles. The minimum Gasteiger partial charge on any atom is -0.481 e. The second kappa shape index (κ2) is 6.06. The van der Waals surface area contributed by atoms with E-state index >= 15 is 0 Å². The predicted molar refractivity (Wildman–Crippen MR) is 73.3 cm³/mol. The molecule has 0 radical (unpaired) electrons. The van der Waals surface area contributed by atoms with Crippen molar-refractivity contribution in [2.24, 2.45) is 0 Å². The second-order valence-electron chi connectivity index (χ2n) is 5.22. The maximum atomic E-state index is 12.0. The maximum Gasteiger partial charge on any atom is 0.410 e. The third-order valence-corrected chi connectivity index (χ3v) is 3.36. The lowest BCUT2D eigenvalue weighted by Gasteiger charge is -2.29. The van der Waals surface area contributed by atoms with E-state index in [0.717, 1.165) is 4.88 Å². The average molecular weight is 285 g/mol. The highest BCUT2D eigenvalue weighted by atomic mass is 32.1. The molecule has 106 valence electrons. The van der Waals surface area contributed by atoms with Crippen LogP contribution in [0, 0.1) is 0 Å². The Morgan fingerprint density at radius 1 is 1.47 bits per heavy atom. The van der Waals surface area contributed by atoms with Gasteiger partial charge < -0.3 is 14.7 Å². The number of hydrogen-bond acceptors (Lipinski definition) is 4. The summed E-state index contributed by atoms with van der Waals surface area (Å²) in [6.07, 6.45) is -0.664. The van der Waals surface area contributed by atoms with Crippen LogP contribution in [-0.4, -0.2) is 34.7 Å². The Morgan fingerprint density at radius 2 is 2.11 bits per heavy atom. The Morgan fingerprint density at radius 3 is 2.53 bits per heavy atom. The molecule has 1 amide bonds. The van der Waals surface area contributed by atoms with Gasteiger partial charge in [0.1, 0.15) is 5.60 Å². The Bertz CT molecular complexity index is 436. The van der Waals surface area contributed by atoms with Crippen molar-refractivity contribution in [1.82, 2.24) is 4.90 Å². The number of rotatable bonds is 4. The van der Waals surface area contributed by atoms with Crippen LogP contribution in [0.3, 0.4) is 0 Å². The molecular weight excluding hydrogens is 266 g/mol. The third-order valence-electron chi connectivity index (χ3n) is 2.39. The molecule has 0 saturated heterocycles. The highest BCUT2D eigenvalue weighted by Gasteiger charge is 2.28. The minimum absolute atomic E-state index is 0.143. The summed E-state index contributed by atoms with van der Waals surface area (Å²) in [5.74, 6) is -0.950. The van der Waals surface area contributed by atoms with E-state index in [-0.39, 0.29) is 6.42 Å². The number of nitrogens with zero attached hydrogens (tertiary/aromatic N) is 1. The van der Waals surface area contributed by atoms with Crippen LogP contribution in [0.15, 0.2) is 17.5 Å². The largest absolute Gasteiger partial charge is 0.481 e. The first-order valence-electron chi connectivity index (χ1n) is 5.91. The molecule has 0 aromatic carbocycles. The first kappa shape index (κ1) is 15.5. The van der Waals surface area contributed by atoms with Crippen LogP contribution in [-0.2, 0) is 9.53 Å². The highest BCUT2D eigenvalue weighted by molar-refractivity contribution is 7.10. The lowest BCUT2D eigenvalue weighted by atomic mass is 10.1. The van der Waals surface area contributed by atoms with E-state index in [1.165, 1.54) is 16.2 Å². The minimum atomic E-state index is -0.950. The topological polar surface area (TPSA) is 66.8 Å². The summed E-state index contributed by atoms with van der Waals surface area (Å²) in [4.78, 5) is 25.1. The zero-order valence-electron chi connectivity index (χ0n) is 11.5. The van der Waals surface area contributed by atoms with Gasteiger partial charge in [-0.2, -0.15) is 0 Å². The van der Waals surface area contributed by atoms with Gasteiger partial charge in [0, 0.05) is 11.9 Å². The van der Waals surface area contributed by atoms with Gasteiger partial charge in [0.15, 0.2) is 0 Å². The number of carbonyl (C=O) groups is 2. The number of thiophene rings is 1. The first-order chi connectivity index (χ1) is 8.70. The van der Waals surface area contributed by atoms with Crippen molar-refractivity contribution >= 4 is 23.4 Å². The summed E-state index contributed by atoms with van der Waals surface area (Å²) in [6, 6.07) is 3.14. The molecule has 19 heavy (non-hydrogen) atoms. The molecule has 1 atom stereocenters. The van der Waals surface area contributed by atoms with Crippen LogP contribution < -0.4 is 0 Å². The highest BCUT2D eigenvalue weighted by Crippen LogP contribution is 2.28. The van der Waals surface area contributed by atoms with E-state index in [0.29, 0.717) is 0 Å². The Labute approximate surface area is 116 Å². The summed E-state index contributed by atoms with van der Waals surface area (Å²) in [5, 5.41) is 10.8. The second-order valence-corrected chi connectivity index (χ2v) is 6.20. The van der Waals surface area contributed by atoms with Gasteiger partial charge in [0.25, 0.3) is 0 Å². The van der Waals surface area contributed by atoms with Crippen molar-refractivity contribution < 1.29 is 19.4 Å². The van der Waals surface area contributed by atoms with Crippen LogP contribution >= 0.6 is 11.3 Å². The predicted octanol–water partition coefficient (Wildman–Crippen LogP) is 3.13. The zero-order chi connectivity index (χ0) is 14.6. The fourth-order valence-electron chi connectivity index (χ4n) is 1.54. The lowest BCUT2D eigenvalue weighted by molar-refractivity contribution is -0.138. The molecule has 1 rings (SSSR count). The SMILES string of the molecule is CN(C(=O)OC(C)(C)C)C(CC(=O)O)c1cccs1. The number of amides is 1. The van der Waals surface area contributed by atoms with Crippen LogP contribution in [0.25, 0.3) is 0 Å². The van der Waals surface area contributed by atoms with Crippen LogP contribution in [0.5, 0.6) is 0 Å². The molecule has 0 aliphatic carbocycles. The summed E-state index contributed by atoms with van der Waals surface area (Å²) < 4.78 is 5.26. The smallest absolute Gasteiger partial charge is 0.410 e. The van der Waals surface area contributed by atoms with Crippen molar-refractivity contribution in [2.45, 2.75) is 38.8 Å².